The lowest BCUT2D eigenvalue weighted by atomic mass is 10.2. The van der Waals surface area contributed by atoms with Crippen LogP contribution in [0.25, 0.3) is 0 Å². The quantitative estimate of drug-likeness (QED) is 0.138. The van der Waals surface area contributed by atoms with Crippen LogP contribution in [-0.2, 0) is 31.5 Å². The molecule has 0 fully saturated rings. The van der Waals surface area contributed by atoms with E-state index in [-0.39, 0.29) is 46.9 Å². The number of carbonyl (C=O) groups is 2. The molecular formula is C35H51N3O6Si2. The van der Waals surface area contributed by atoms with E-state index in [1.807, 2.05) is 38.1 Å². The fourth-order valence-electron chi connectivity index (χ4n) is 4.06. The Kier molecular flexibility index (Phi) is 11.9. The van der Waals surface area contributed by atoms with Gasteiger partial charge in [0.05, 0.1) is 35.0 Å². The summed E-state index contributed by atoms with van der Waals surface area (Å²) in [5.74, 6) is -1.34. The Labute approximate surface area is 276 Å². The van der Waals surface area contributed by atoms with Crippen molar-refractivity contribution < 1.29 is 27.9 Å². The molecule has 3 aromatic rings. The van der Waals surface area contributed by atoms with Crippen LogP contribution >= 0.6 is 0 Å². The molecule has 3 rings (SSSR count). The maximum absolute atomic E-state index is 12.8. The molecule has 0 N–H and O–H groups in total. The van der Waals surface area contributed by atoms with E-state index in [0.29, 0.717) is 11.4 Å². The summed E-state index contributed by atoms with van der Waals surface area (Å²) in [6, 6.07) is 15.7. The number of ether oxygens (including phenoxy) is 2. The number of carbonyl (C=O) groups excluding carboxylic acids is 2. The van der Waals surface area contributed by atoms with Crippen LogP contribution in [0.2, 0.25) is 36.3 Å². The summed E-state index contributed by atoms with van der Waals surface area (Å²) in [6.07, 6.45) is -0.393. The van der Waals surface area contributed by atoms with E-state index in [4.69, 9.17) is 18.3 Å². The molecule has 0 aliphatic heterocycles. The third-order valence-electron chi connectivity index (χ3n) is 8.91. The van der Waals surface area contributed by atoms with E-state index in [2.05, 4.69) is 82.7 Å². The van der Waals surface area contributed by atoms with Gasteiger partial charge in [-0.25, -0.2) is 14.6 Å². The van der Waals surface area contributed by atoms with Crippen LogP contribution in [0.15, 0.2) is 54.6 Å². The first-order chi connectivity index (χ1) is 21.2. The molecule has 0 aliphatic rings. The van der Waals surface area contributed by atoms with Gasteiger partial charge in [-0.1, -0.05) is 59.7 Å². The average molecular weight is 666 g/mol. The van der Waals surface area contributed by atoms with Gasteiger partial charge in [0.15, 0.2) is 16.6 Å². The van der Waals surface area contributed by atoms with Gasteiger partial charge < -0.3 is 18.3 Å². The van der Waals surface area contributed by atoms with Gasteiger partial charge in [0.2, 0.25) is 0 Å². The normalized spacial score (nSPS) is 14.0. The van der Waals surface area contributed by atoms with Gasteiger partial charge in [-0.3, -0.25) is 9.97 Å². The molecule has 2 atom stereocenters. The number of hydrogen-bond donors (Lipinski definition) is 0. The molecule has 3 heterocycles. The Bertz CT molecular complexity index is 1410. The zero-order valence-electron chi connectivity index (χ0n) is 29.6. The van der Waals surface area contributed by atoms with Crippen molar-refractivity contribution in [3.8, 4) is 0 Å². The third kappa shape index (κ3) is 9.87. The SMILES string of the molecule is CC(O[Si](C)(C)C(C)(C)C)c1cccc(COC(=O)c2cccc(C(=O)OCc3cccc(C(C)O[Si](C)(C)C(C)(C)C)n3)n2)n1. The number of esters is 2. The van der Waals surface area contributed by atoms with Crippen LogP contribution in [0.5, 0.6) is 0 Å². The summed E-state index contributed by atoms with van der Waals surface area (Å²) in [4.78, 5) is 39.2. The monoisotopic (exact) mass is 665 g/mol. The van der Waals surface area contributed by atoms with E-state index >= 15 is 0 Å². The number of rotatable bonds is 12. The standard InChI is InChI=1S/C35H51N3O6Si2/c1-24(43-45(9,10)34(3,4)5)28-18-13-16-26(36-28)22-41-32(39)30-20-15-21-31(38-30)33(40)42-23-27-17-14-19-29(37-27)25(2)44-46(11,12)35(6,7)8/h13-21,24-25H,22-23H2,1-12H3. The summed E-state index contributed by atoms with van der Waals surface area (Å²) in [5.41, 5.74) is 2.73. The Hall–Kier alpha value is -3.26. The summed E-state index contributed by atoms with van der Waals surface area (Å²) in [6.45, 7) is 25.9. The molecule has 46 heavy (non-hydrogen) atoms. The fourth-order valence-corrected chi connectivity index (χ4v) is 6.77. The second-order valence-electron chi connectivity index (χ2n) is 14.7. The van der Waals surface area contributed by atoms with Crippen LogP contribution in [0, 0.1) is 0 Å². The lowest BCUT2D eigenvalue weighted by Gasteiger charge is -2.38. The molecule has 2 unspecified atom stereocenters. The molecule has 11 heteroatoms. The maximum atomic E-state index is 12.8. The molecule has 0 aliphatic carbocycles. The summed E-state index contributed by atoms with van der Waals surface area (Å²) < 4.78 is 23.9. The van der Waals surface area contributed by atoms with E-state index in [0.717, 1.165) is 11.4 Å². The Balaban J connectivity index is 1.59. The van der Waals surface area contributed by atoms with Crippen LogP contribution in [0.1, 0.15) is 111 Å². The molecule has 0 spiro atoms. The first kappa shape index (κ1) is 37.2. The average Bonchev–Trinajstić information content (AvgIpc) is 2.97. The summed E-state index contributed by atoms with van der Waals surface area (Å²) >= 11 is 0. The Morgan fingerprint density at radius 1 is 0.609 bits per heavy atom. The predicted molar refractivity (Wildman–Crippen MR) is 184 cm³/mol. The first-order valence-corrected chi connectivity index (χ1v) is 21.6. The second kappa shape index (κ2) is 14.7. The summed E-state index contributed by atoms with van der Waals surface area (Å²) in [5, 5.41) is 0.145. The first-order valence-electron chi connectivity index (χ1n) is 15.8. The second-order valence-corrected chi connectivity index (χ2v) is 24.2. The number of hydrogen-bond acceptors (Lipinski definition) is 9. The zero-order chi connectivity index (χ0) is 34.5. The lowest BCUT2D eigenvalue weighted by Crippen LogP contribution is -2.41. The number of pyridine rings is 3. The van der Waals surface area contributed by atoms with Crippen molar-refractivity contribution in [2.45, 2.75) is 117 Å². The largest absolute Gasteiger partial charge is 0.454 e. The molecule has 0 amide bonds. The third-order valence-corrected chi connectivity index (χ3v) is 18.0. The molecule has 0 saturated carbocycles. The van der Waals surface area contributed by atoms with Crippen molar-refractivity contribution in [1.82, 2.24) is 15.0 Å². The number of aromatic nitrogens is 3. The van der Waals surface area contributed by atoms with Crippen molar-refractivity contribution in [3.05, 3.63) is 88.8 Å². The lowest BCUT2D eigenvalue weighted by molar-refractivity contribution is 0.0451. The highest BCUT2D eigenvalue weighted by Crippen LogP contribution is 2.40. The molecule has 3 aromatic heterocycles. The highest BCUT2D eigenvalue weighted by atomic mass is 28.4. The molecule has 0 bridgehead atoms. The predicted octanol–water partition coefficient (Wildman–Crippen LogP) is 8.75. The van der Waals surface area contributed by atoms with Crippen LogP contribution in [-0.4, -0.2) is 43.5 Å². The van der Waals surface area contributed by atoms with Crippen molar-refractivity contribution in [2.24, 2.45) is 0 Å². The van der Waals surface area contributed by atoms with Crippen molar-refractivity contribution >= 4 is 28.6 Å². The Morgan fingerprint density at radius 3 is 1.30 bits per heavy atom. The minimum absolute atomic E-state index is 0.00282. The minimum Gasteiger partial charge on any atom is -0.454 e. The van der Waals surface area contributed by atoms with Crippen molar-refractivity contribution in [1.29, 1.82) is 0 Å². The van der Waals surface area contributed by atoms with E-state index in [9.17, 15) is 9.59 Å². The van der Waals surface area contributed by atoms with Crippen molar-refractivity contribution in [3.63, 3.8) is 0 Å². The number of nitrogens with zero attached hydrogens (tertiary/aromatic N) is 3. The van der Waals surface area contributed by atoms with Crippen LogP contribution < -0.4 is 0 Å². The van der Waals surface area contributed by atoms with Gasteiger partial charge in [0.25, 0.3) is 0 Å². The Morgan fingerprint density at radius 2 is 0.957 bits per heavy atom. The molecule has 0 aromatic carbocycles. The zero-order valence-corrected chi connectivity index (χ0v) is 31.6. The highest BCUT2D eigenvalue weighted by Gasteiger charge is 2.39. The topological polar surface area (TPSA) is 110 Å². The highest BCUT2D eigenvalue weighted by molar-refractivity contribution is 6.74. The summed E-state index contributed by atoms with van der Waals surface area (Å²) in [7, 11) is -3.98. The smallest absolute Gasteiger partial charge is 0.357 e. The van der Waals surface area contributed by atoms with Gasteiger partial charge in [0, 0.05) is 0 Å². The van der Waals surface area contributed by atoms with E-state index in [1.165, 1.54) is 12.1 Å². The maximum Gasteiger partial charge on any atom is 0.357 e. The minimum atomic E-state index is -1.99. The molecule has 250 valence electrons. The molecule has 9 nitrogen and oxygen atoms in total. The van der Waals surface area contributed by atoms with Crippen LogP contribution in [0.3, 0.4) is 0 Å². The van der Waals surface area contributed by atoms with Crippen LogP contribution in [0.4, 0.5) is 0 Å². The van der Waals surface area contributed by atoms with E-state index < -0.39 is 28.6 Å². The van der Waals surface area contributed by atoms with E-state index in [1.54, 1.807) is 18.2 Å². The fraction of sp³-hybridized carbons (Fsp3) is 0.514. The van der Waals surface area contributed by atoms with Gasteiger partial charge in [-0.2, -0.15) is 0 Å². The molecule has 0 radical (unpaired) electrons. The van der Waals surface area contributed by atoms with Gasteiger partial charge in [-0.15, -0.1) is 0 Å². The molecular weight excluding hydrogens is 615 g/mol. The van der Waals surface area contributed by atoms with Gasteiger partial charge >= 0.3 is 11.9 Å². The van der Waals surface area contributed by atoms with Crippen molar-refractivity contribution in [2.75, 3.05) is 0 Å². The molecule has 0 saturated heterocycles. The van der Waals surface area contributed by atoms with Gasteiger partial charge in [-0.05, 0) is 86.5 Å². The van der Waals surface area contributed by atoms with Gasteiger partial charge in [0.1, 0.15) is 24.6 Å².